The fourth-order valence-electron chi connectivity index (χ4n) is 2.44. The highest BCUT2D eigenvalue weighted by Gasteiger charge is 2.20. The first-order chi connectivity index (χ1) is 8.33. The van der Waals surface area contributed by atoms with Gasteiger partial charge in [-0.1, -0.05) is 6.92 Å². The minimum absolute atomic E-state index is 0.799. The van der Waals surface area contributed by atoms with Crippen LogP contribution in [0.5, 0.6) is 0 Å². The number of hydrogen-bond donors (Lipinski definition) is 1. The van der Waals surface area contributed by atoms with Crippen molar-refractivity contribution in [1.82, 2.24) is 25.0 Å². The Morgan fingerprint density at radius 1 is 1.41 bits per heavy atom. The molecule has 1 aromatic rings. The molecule has 1 aliphatic rings. The Kier molecular flexibility index (Phi) is 4.50. The molecular weight excluding hydrogens is 214 g/mol. The zero-order chi connectivity index (χ0) is 12.1. The minimum atomic E-state index is 0.799. The summed E-state index contributed by atoms with van der Waals surface area (Å²) in [6, 6.07) is 0. The molecule has 1 saturated heterocycles. The quantitative estimate of drug-likeness (QED) is 0.792. The number of aromatic nitrogens is 3. The number of likely N-dealkylation sites (tertiary alicyclic amines) is 1. The highest BCUT2D eigenvalue weighted by atomic mass is 15.3. The summed E-state index contributed by atoms with van der Waals surface area (Å²) in [4.78, 5) is 6.78. The predicted molar refractivity (Wildman–Crippen MR) is 67.6 cm³/mol. The van der Waals surface area contributed by atoms with E-state index in [1.807, 2.05) is 4.68 Å². The smallest absolute Gasteiger partial charge is 0.140 e. The maximum Gasteiger partial charge on any atom is 0.140 e. The molecule has 17 heavy (non-hydrogen) atoms. The van der Waals surface area contributed by atoms with Gasteiger partial charge in [-0.05, 0) is 38.9 Å². The van der Waals surface area contributed by atoms with Crippen molar-refractivity contribution in [3.63, 3.8) is 0 Å². The van der Waals surface area contributed by atoms with Gasteiger partial charge in [-0.15, -0.1) is 0 Å². The van der Waals surface area contributed by atoms with Gasteiger partial charge in [0.15, 0.2) is 0 Å². The Morgan fingerprint density at radius 2 is 2.29 bits per heavy atom. The van der Waals surface area contributed by atoms with Gasteiger partial charge in [0.05, 0.1) is 6.54 Å². The van der Waals surface area contributed by atoms with Crippen molar-refractivity contribution in [1.29, 1.82) is 0 Å². The Bertz CT molecular complexity index is 335. The van der Waals surface area contributed by atoms with Crippen LogP contribution in [0.15, 0.2) is 6.33 Å². The van der Waals surface area contributed by atoms with Gasteiger partial charge in [0.2, 0.25) is 0 Å². The van der Waals surface area contributed by atoms with Crippen LogP contribution >= 0.6 is 0 Å². The molecule has 0 aliphatic carbocycles. The van der Waals surface area contributed by atoms with Gasteiger partial charge in [-0.2, -0.15) is 5.10 Å². The van der Waals surface area contributed by atoms with E-state index in [1.165, 1.54) is 26.1 Å². The molecule has 0 spiro atoms. The third-order valence-corrected chi connectivity index (χ3v) is 3.53. The summed E-state index contributed by atoms with van der Waals surface area (Å²) < 4.78 is 1.94. The molecular formula is C12H23N5. The van der Waals surface area contributed by atoms with Crippen LogP contribution in [-0.4, -0.2) is 45.8 Å². The summed E-state index contributed by atoms with van der Waals surface area (Å²) in [6.45, 7) is 10.8. The molecule has 1 aromatic heterocycles. The lowest BCUT2D eigenvalue weighted by Crippen LogP contribution is -2.27. The van der Waals surface area contributed by atoms with Crippen LogP contribution in [0.3, 0.4) is 0 Å². The lowest BCUT2D eigenvalue weighted by molar-refractivity contribution is 0.338. The van der Waals surface area contributed by atoms with Gasteiger partial charge in [-0.25, -0.2) is 9.67 Å². The van der Waals surface area contributed by atoms with Gasteiger partial charge in [0, 0.05) is 13.1 Å². The van der Waals surface area contributed by atoms with E-state index < -0.39 is 0 Å². The molecule has 5 heteroatoms. The van der Waals surface area contributed by atoms with Crippen LogP contribution in [0.2, 0.25) is 0 Å². The highest BCUT2D eigenvalue weighted by Crippen LogP contribution is 2.14. The summed E-state index contributed by atoms with van der Waals surface area (Å²) in [5, 5.41) is 7.67. The molecule has 96 valence electrons. The van der Waals surface area contributed by atoms with Crippen molar-refractivity contribution in [3.8, 4) is 0 Å². The van der Waals surface area contributed by atoms with Crippen LogP contribution in [0.1, 0.15) is 26.1 Å². The molecule has 1 fully saturated rings. The molecule has 0 amide bonds. The third kappa shape index (κ3) is 3.26. The standard InChI is InChI=1S/C12H23N5/c1-3-16-6-5-11(9-16)7-13-8-12-14-10-15-17(12)4-2/h10-11,13H,3-9H2,1-2H3. The summed E-state index contributed by atoms with van der Waals surface area (Å²) in [5.41, 5.74) is 0. The van der Waals surface area contributed by atoms with Crippen molar-refractivity contribution in [3.05, 3.63) is 12.2 Å². The lowest BCUT2D eigenvalue weighted by atomic mass is 10.1. The Labute approximate surface area is 103 Å². The van der Waals surface area contributed by atoms with Crippen molar-refractivity contribution in [2.75, 3.05) is 26.2 Å². The van der Waals surface area contributed by atoms with E-state index >= 15 is 0 Å². The van der Waals surface area contributed by atoms with Crippen molar-refractivity contribution < 1.29 is 0 Å². The Morgan fingerprint density at radius 3 is 3.00 bits per heavy atom. The summed E-state index contributed by atoms with van der Waals surface area (Å²) in [7, 11) is 0. The predicted octanol–water partition coefficient (Wildman–Crippen LogP) is 0.729. The normalized spacial score (nSPS) is 21.2. The van der Waals surface area contributed by atoms with Crippen LogP contribution in [0.4, 0.5) is 0 Å². The number of nitrogens with zero attached hydrogens (tertiary/aromatic N) is 4. The molecule has 0 bridgehead atoms. The zero-order valence-electron chi connectivity index (χ0n) is 10.9. The SMILES string of the molecule is CCN1CCC(CNCc2ncnn2CC)C1. The van der Waals surface area contributed by atoms with Crippen molar-refractivity contribution in [2.24, 2.45) is 5.92 Å². The first kappa shape index (κ1) is 12.5. The first-order valence-corrected chi connectivity index (χ1v) is 6.63. The number of hydrogen-bond acceptors (Lipinski definition) is 4. The van der Waals surface area contributed by atoms with Crippen molar-refractivity contribution >= 4 is 0 Å². The van der Waals surface area contributed by atoms with Gasteiger partial charge < -0.3 is 10.2 Å². The lowest BCUT2D eigenvalue weighted by Gasteiger charge is -2.13. The largest absolute Gasteiger partial charge is 0.310 e. The minimum Gasteiger partial charge on any atom is -0.310 e. The zero-order valence-corrected chi connectivity index (χ0v) is 10.9. The van der Waals surface area contributed by atoms with E-state index in [1.54, 1.807) is 6.33 Å². The Hall–Kier alpha value is -0.940. The second-order valence-electron chi connectivity index (χ2n) is 4.67. The molecule has 1 N–H and O–H groups in total. The molecule has 2 heterocycles. The second kappa shape index (κ2) is 6.12. The van der Waals surface area contributed by atoms with Gasteiger partial charge in [0.25, 0.3) is 0 Å². The van der Waals surface area contributed by atoms with E-state index in [0.717, 1.165) is 31.4 Å². The maximum absolute atomic E-state index is 4.26. The van der Waals surface area contributed by atoms with E-state index in [9.17, 15) is 0 Å². The van der Waals surface area contributed by atoms with Gasteiger partial charge in [-0.3, -0.25) is 0 Å². The topological polar surface area (TPSA) is 46.0 Å². The van der Waals surface area contributed by atoms with Gasteiger partial charge >= 0.3 is 0 Å². The first-order valence-electron chi connectivity index (χ1n) is 6.63. The van der Waals surface area contributed by atoms with E-state index in [4.69, 9.17) is 0 Å². The fraction of sp³-hybridized carbons (Fsp3) is 0.833. The number of aryl methyl sites for hydroxylation is 1. The molecule has 0 saturated carbocycles. The molecule has 0 radical (unpaired) electrons. The summed E-state index contributed by atoms with van der Waals surface area (Å²) in [6.07, 6.45) is 2.95. The van der Waals surface area contributed by atoms with Crippen LogP contribution in [0, 0.1) is 5.92 Å². The van der Waals surface area contributed by atoms with E-state index in [2.05, 4.69) is 34.1 Å². The Balaban J connectivity index is 1.70. The van der Waals surface area contributed by atoms with E-state index in [-0.39, 0.29) is 0 Å². The second-order valence-corrected chi connectivity index (χ2v) is 4.67. The molecule has 1 aliphatic heterocycles. The summed E-state index contributed by atoms with van der Waals surface area (Å²) >= 11 is 0. The van der Waals surface area contributed by atoms with Crippen LogP contribution in [0.25, 0.3) is 0 Å². The monoisotopic (exact) mass is 237 g/mol. The molecule has 1 unspecified atom stereocenters. The number of nitrogens with one attached hydrogen (secondary N) is 1. The molecule has 0 aromatic carbocycles. The fourth-order valence-corrected chi connectivity index (χ4v) is 2.44. The van der Waals surface area contributed by atoms with Crippen molar-refractivity contribution in [2.45, 2.75) is 33.4 Å². The van der Waals surface area contributed by atoms with Crippen LogP contribution in [-0.2, 0) is 13.1 Å². The highest BCUT2D eigenvalue weighted by molar-refractivity contribution is 4.84. The molecule has 1 atom stereocenters. The maximum atomic E-state index is 4.26. The number of rotatable bonds is 6. The van der Waals surface area contributed by atoms with E-state index in [0.29, 0.717) is 0 Å². The average Bonchev–Trinajstić information content (AvgIpc) is 2.97. The third-order valence-electron chi connectivity index (χ3n) is 3.53. The molecule has 2 rings (SSSR count). The van der Waals surface area contributed by atoms with Gasteiger partial charge in [0.1, 0.15) is 12.2 Å². The van der Waals surface area contributed by atoms with Crippen LogP contribution < -0.4 is 5.32 Å². The summed E-state index contributed by atoms with van der Waals surface area (Å²) in [5.74, 6) is 1.84. The average molecular weight is 237 g/mol. The molecule has 5 nitrogen and oxygen atoms in total.